The van der Waals surface area contributed by atoms with E-state index in [1.54, 1.807) is 6.08 Å². The standard InChI is InChI=1S/C21H34O4Si/c1-13(2)26(14(3)4,15(5)6)24-18-12-21(25-20(18,8)9)11-10-17(22)16(7)19(21)23/h10-11,13-15,18H,7,12H2,1-6,8-9H3/t18-,21+/m1/s1. The Balaban J connectivity index is 2.42. The summed E-state index contributed by atoms with van der Waals surface area (Å²) in [5.41, 5.74) is -0.386. The molecule has 2 aliphatic rings. The third-order valence-corrected chi connectivity index (χ3v) is 12.3. The number of carbonyl (C=O) groups excluding carboxylic acids is 2. The molecule has 0 unspecified atom stereocenters. The molecule has 1 fully saturated rings. The third-order valence-electron chi connectivity index (χ3n) is 6.22. The maximum Gasteiger partial charge on any atom is 0.202 e. The molecule has 0 aromatic carbocycles. The molecule has 0 amide bonds. The van der Waals surface area contributed by atoms with Crippen LogP contribution in [0.25, 0.3) is 0 Å². The number of hydrogen-bond acceptors (Lipinski definition) is 4. The van der Waals surface area contributed by atoms with Gasteiger partial charge in [-0.15, -0.1) is 0 Å². The SMILES string of the molecule is C=C1C(=O)C=C[C@]2(C[C@@H](O[Si](C(C)C)(C(C)C)C(C)C)C(C)(C)O2)C1=O. The highest BCUT2D eigenvalue weighted by molar-refractivity contribution is 6.77. The normalized spacial score (nSPS) is 29.0. The third kappa shape index (κ3) is 3.18. The van der Waals surface area contributed by atoms with Gasteiger partial charge < -0.3 is 9.16 Å². The quantitative estimate of drug-likeness (QED) is 0.393. The van der Waals surface area contributed by atoms with E-state index in [0.717, 1.165) is 0 Å². The lowest BCUT2D eigenvalue weighted by atomic mass is 9.83. The van der Waals surface area contributed by atoms with Gasteiger partial charge in [-0.05, 0) is 42.6 Å². The van der Waals surface area contributed by atoms with Crippen LogP contribution in [0.1, 0.15) is 61.8 Å². The highest BCUT2D eigenvalue weighted by atomic mass is 28.4. The largest absolute Gasteiger partial charge is 0.410 e. The van der Waals surface area contributed by atoms with Crippen LogP contribution in [0.3, 0.4) is 0 Å². The van der Waals surface area contributed by atoms with Crippen molar-refractivity contribution in [3.8, 4) is 0 Å². The van der Waals surface area contributed by atoms with Crippen LogP contribution in [0.5, 0.6) is 0 Å². The van der Waals surface area contributed by atoms with E-state index in [1.807, 2.05) is 13.8 Å². The van der Waals surface area contributed by atoms with E-state index in [1.165, 1.54) is 6.08 Å². The fraction of sp³-hybridized carbons (Fsp3) is 0.714. The zero-order chi connectivity index (χ0) is 20.1. The molecule has 1 aliphatic carbocycles. The average molecular weight is 379 g/mol. The molecule has 0 N–H and O–H groups in total. The minimum atomic E-state index is -2.12. The Bertz CT molecular complexity index is 623. The van der Waals surface area contributed by atoms with Crippen molar-refractivity contribution in [2.45, 2.75) is 95.7 Å². The lowest BCUT2D eigenvalue weighted by Gasteiger charge is -2.45. The van der Waals surface area contributed by atoms with E-state index < -0.39 is 19.5 Å². The van der Waals surface area contributed by atoms with Crippen LogP contribution >= 0.6 is 0 Å². The molecule has 2 rings (SSSR count). The van der Waals surface area contributed by atoms with Crippen LogP contribution in [0.15, 0.2) is 24.3 Å². The molecule has 1 spiro atoms. The molecule has 1 aliphatic heterocycles. The average Bonchev–Trinajstić information content (AvgIpc) is 2.77. The first-order valence-electron chi connectivity index (χ1n) is 9.65. The zero-order valence-corrected chi connectivity index (χ0v) is 18.5. The molecule has 4 nitrogen and oxygen atoms in total. The van der Waals surface area contributed by atoms with E-state index in [2.05, 4.69) is 48.1 Å². The molecule has 1 saturated heterocycles. The van der Waals surface area contributed by atoms with Gasteiger partial charge in [0.25, 0.3) is 0 Å². The number of allylic oxidation sites excluding steroid dienone is 1. The fourth-order valence-corrected chi connectivity index (χ4v) is 10.6. The molecule has 0 bridgehead atoms. The summed E-state index contributed by atoms with van der Waals surface area (Å²) in [6.07, 6.45) is 3.26. The lowest BCUT2D eigenvalue weighted by Crippen LogP contribution is -2.53. The zero-order valence-electron chi connectivity index (χ0n) is 17.5. The minimum absolute atomic E-state index is 0.00374. The molecule has 26 heavy (non-hydrogen) atoms. The molecule has 146 valence electrons. The number of hydrogen-bond donors (Lipinski definition) is 0. The number of carbonyl (C=O) groups is 2. The number of rotatable bonds is 5. The second kappa shape index (κ2) is 6.84. The molecular formula is C21H34O4Si. The Hall–Kier alpha value is -1.04. The highest BCUT2D eigenvalue weighted by Crippen LogP contribution is 2.49. The van der Waals surface area contributed by atoms with Crippen molar-refractivity contribution in [1.29, 1.82) is 0 Å². The molecule has 1 heterocycles. The maximum atomic E-state index is 12.8. The van der Waals surface area contributed by atoms with Crippen molar-refractivity contribution in [1.82, 2.24) is 0 Å². The second-order valence-electron chi connectivity index (χ2n) is 9.23. The number of ether oxygens (including phenoxy) is 1. The Morgan fingerprint density at radius 2 is 1.62 bits per heavy atom. The van der Waals surface area contributed by atoms with Crippen LogP contribution in [0.2, 0.25) is 16.6 Å². The number of Topliss-reactive ketones (excluding diaryl/α,β-unsaturated/α-hetero) is 1. The van der Waals surface area contributed by atoms with E-state index in [0.29, 0.717) is 23.0 Å². The smallest absolute Gasteiger partial charge is 0.202 e. The summed E-state index contributed by atoms with van der Waals surface area (Å²) in [6.45, 7) is 21.1. The predicted molar refractivity (Wildman–Crippen MR) is 107 cm³/mol. The molecule has 0 radical (unpaired) electrons. The Morgan fingerprint density at radius 3 is 2.08 bits per heavy atom. The van der Waals surface area contributed by atoms with E-state index in [9.17, 15) is 9.59 Å². The van der Waals surface area contributed by atoms with Crippen molar-refractivity contribution in [2.24, 2.45) is 0 Å². The summed E-state index contributed by atoms with van der Waals surface area (Å²) >= 11 is 0. The Morgan fingerprint density at radius 1 is 1.12 bits per heavy atom. The summed E-state index contributed by atoms with van der Waals surface area (Å²) < 4.78 is 13.2. The van der Waals surface area contributed by atoms with Gasteiger partial charge in [0.15, 0.2) is 11.4 Å². The van der Waals surface area contributed by atoms with Gasteiger partial charge in [0.2, 0.25) is 14.1 Å². The predicted octanol–water partition coefficient (Wildman–Crippen LogP) is 4.75. The van der Waals surface area contributed by atoms with Crippen LogP contribution < -0.4 is 0 Å². The van der Waals surface area contributed by atoms with Gasteiger partial charge in [-0.1, -0.05) is 48.1 Å². The van der Waals surface area contributed by atoms with Crippen molar-refractivity contribution < 1.29 is 18.8 Å². The highest BCUT2D eigenvalue weighted by Gasteiger charge is 2.59. The van der Waals surface area contributed by atoms with Gasteiger partial charge in [-0.25, -0.2) is 0 Å². The summed E-state index contributed by atoms with van der Waals surface area (Å²) in [4.78, 5) is 24.6. The van der Waals surface area contributed by atoms with Crippen molar-refractivity contribution in [3.05, 3.63) is 24.3 Å². The van der Waals surface area contributed by atoms with Gasteiger partial charge in [0, 0.05) is 6.42 Å². The van der Waals surface area contributed by atoms with Crippen LogP contribution in [-0.2, 0) is 18.8 Å². The number of ketones is 2. The Kier molecular flexibility index (Phi) is 5.59. The molecule has 0 aromatic heterocycles. The van der Waals surface area contributed by atoms with Gasteiger partial charge in [0.1, 0.15) is 0 Å². The minimum Gasteiger partial charge on any atom is -0.410 e. The summed E-state index contributed by atoms with van der Waals surface area (Å²) in [6, 6.07) is 0. The fourth-order valence-electron chi connectivity index (χ4n) is 4.93. The van der Waals surface area contributed by atoms with Crippen molar-refractivity contribution in [3.63, 3.8) is 0 Å². The van der Waals surface area contributed by atoms with Crippen LogP contribution in [0, 0.1) is 0 Å². The summed E-state index contributed by atoms with van der Waals surface area (Å²) in [5, 5.41) is 0. The lowest BCUT2D eigenvalue weighted by molar-refractivity contribution is -0.142. The first-order chi connectivity index (χ1) is 11.8. The monoisotopic (exact) mass is 378 g/mol. The molecule has 2 atom stereocenters. The summed E-state index contributed by atoms with van der Waals surface area (Å²) in [5.74, 6) is -0.656. The second-order valence-corrected chi connectivity index (χ2v) is 14.6. The van der Waals surface area contributed by atoms with Gasteiger partial charge in [0.05, 0.1) is 17.3 Å². The van der Waals surface area contributed by atoms with E-state index in [4.69, 9.17) is 9.16 Å². The topological polar surface area (TPSA) is 52.6 Å². The first-order valence-corrected chi connectivity index (χ1v) is 11.8. The van der Waals surface area contributed by atoms with Crippen molar-refractivity contribution >= 4 is 19.9 Å². The van der Waals surface area contributed by atoms with Gasteiger partial charge in [-0.3, -0.25) is 9.59 Å². The van der Waals surface area contributed by atoms with Crippen LogP contribution in [0.4, 0.5) is 0 Å². The van der Waals surface area contributed by atoms with E-state index >= 15 is 0 Å². The molecule has 0 aromatic rings. The molecule has 0 saturated carbocycles. The molecule has 5 heteroatoms. The van der Waals surface area contributed by atoms with Gasteiger partial charge in [-0.2, -0.15) is 0 Å². The van der Waals surface area contributed by atoms with Gasteiger partial charge >= 0.3 is 0 Å². The van der Waals surface area contributed by atoms with Crippen LogP contribution in [-0.4, -0.2) is 37.2 Å². The molecular weight excluding hydrogens is 344 g/mol. The Labute approximate surface area is 159 Å². The summed E-state index contributed by atoms with van der Waals surface area (Å²) in [7, 11) is -2.12. The first kappa shape index (κ1) is 21.3. The van der Waals surface area contributed by atoms with E-state index in [-0.39, 0.29) is 23.2 Å². The van der Waals surface area contributed by atoms with Crippen molar-refractivity contribution in [2.75, 3.05) is 0 Å². The maximum absolute atomic E-state index is 12.8.